The molecule has 1 saturated heterocycles. The molecule has 0 amide bonds. The molecule has 17 heavy (non-hydrogen) atoms. The van der Waals surface area contributed by atoms with Gasteiger partial charge in [0.1, 0.15) is 0 Å². The first-order chi connectivity index (χ1) is 8.22. The van der Waals surface area contributed by atoms with Crippen LogP contribution in [0.4, 0.5) is 0 Å². The summed E-state index contributed by atoms with van der Waals surface area (Å²) in [5.41, 5.74) is 6.66. The van der Waals surface area contributed by atoms with E-state index < -0.39 is 0 Å². The minimum absolute atomic E-state index is 0.0895. The van der Waals surface area contributed by atoms with Crippen molar-refractivity contribution in [1.82, 2.24) is 0 Å². The average molecular weight is 239 g/mol. The van der Waals surface area contributed by atoms with Crippen LogP contribution in [-0.2, 0) is 4.74 Å². The highest BCUT2D eigenvalue weighted by molar-refractivity contribution is 4.92. The summed E-state index contributed by atoms with van der Waals surface area (Å²) in [6, 6.07) is 0. The Morgan fingerprint density at radius 2 is 1.94 bits per heavy atom. The van der Waals surface area contributed by atoms with Gasteiger partial charge in [-0.05, 0) is 57.3 Å². The maximum Gasteiger partial charge on any atom is 0.0592 e. The van der Waals surface area contributed by atoms with Gasteiger partial charge in [-0.3, -0.25) is 0 Å². The van der Waals surface area contributed by atoms with Crippen LogP contribution in [0.2, 0.25) is 0 Å². The SMILES string of the molecule is CCCC1CCC(N)(CC2CCCCO2)CC1. The molecule has 2 heteroatoms. The first kappa shape index (κ1) is 13.4. The van der Waals surface area contributed by atoms with Gasteiger partial charge in [-0.1, -0.05) is 19.8 Å². The van der Waals surface area contributed by atoms with Crippen LogP contribution < -0.4 is 5.73 Å². The van der Waals surface area contributed by atoms with Crippen LogP contribution in [0.1, 0.15) is 71.1 Å². The summed E-state index contributed by atoms with van der Waals surface area (Å²) in [6.45, 7) is 3.25. The summed E-state index contributed by atoms with van der Waals surface area (Å²) < 4.78 is 5.84. The second kappa shape index (κ2) is 6.19. The zero-order valence-electron chi connectivity index (χ0n) is 11.4. The molecule has 100 valence electrons. The molecule has 1 saturated carbocycles. The normalized spacial score (nSPS) is 39.2. The number of nitrogens with two attached hydrogens (primary N) is 1. The molecule has 0 spiro atoms. The third-order valence-corrected chi connectivity index (χ3v) is 4.71. The lowest BCUT2D eigenvalue weighted by Crippen LogP contribution is -2.46. The van der Waals surface area contributed by atoms with Crippen LogP contribution in [0.15, 0.2) is 0 Å². The van der Waals surface area contributed by atoms with Crippen molar-refractivity contribution in [2.45, 2.75) is 82.8 Å². The van der Waals surface area contributed by atoms with Crippen molar-refractivity contribution in [2.24, 2.45) is 11.7 Å². The lowest BCUT2D eigenvalue weighted by atomic mass is 9.73. The van der Waals surface area contributed by atoms with Crippen LogP contribution in [0.25, 0.3) is 0 Å². The van der Waals surface area contributed by atoms with E-state index >= 15 is 0 Å². The minimum atomic E-state index is 0.0895. The maximum absolute atomic E-state index is 6.57. The molecule has 2 fully saturated rings. The monoisotopic (exact) mass is 239 g/mol. The second-order valence-corrected chi connectivity index (χ2v) is 6.29. The van der Waals surface area contributed by atoms with E-state index in [9.17, 15) is 0 Å². The molecule has 0 aromatic heterocycles. The van der Waals surface area contributed by atoms with Gasteiger partial charge in [-0.2, -0.15) is 0 Å². The Labute approximate surface area is 106 Å². The van der Waals surface area contributed by atoms with Crippen molar-refractivity contribution in [3.8, 4) is 0 Å². The van der Waals surface area contributed by atoms with E-state index in [1.165, 1.54) is 57.8 Å². The highest BCUT2D eigenvalue weighted by Gasteiger charge is 2.34. The van der Waals surface area contributed by atoms with Gasteiger partial charge in [0.2, 0.25) is 0 Å². The second-order valence-electron chi connectivity index (χ2n) is 6.29. The first-order valence-corrected chi connectivity index (χ1v) is 7.62. The summed E-state index contributed by atoms with van der Waals surface area (Å²) in [7, 11) is 0. The molecule has 1 heterocycles. The zero-order valence-corrected chi connectivity index (χ0v) is 11.4. The van der Waals surface area contributed by atoms with Crippen LogP contribution in [0, 0.1) is 5.92 Å². The fraction of sp³-hybridized carbons (Fsp3) is 1.00. The molecule has 1 atom stereocenters. The van der Waals surface area contributed by atoms with Crippen molar-refractivity contribution < 1.29 is 4.74 Å². The molecule has 2 aliphatic rings. The van der Waals surface area contributed by atoms with E-state index in [2.05, 4.69) is 6.92 Å². The van der Waals surface area contributed by atoms with Gasteiger partial charge >= 0.3 is 0 Å². The van der Waals surface area contributed by atoms with Crippen LogP contribution in [-0.4, -0.2) is 18.2 Å². The van der Waals surface area contributed by atoms with Gasteiger partial charge in [-0.25, -0.2) is 0 Å². The highest BCUT2D eigenvalue weighted by Crippen LogP contribution is 2.36. The van der Waals surface area contributed by atoms with Crippen molar-refractivity contribution in [3.05, 3.63) is 0 Å². The van der Waals surface area contributed by atoms with Gasteiger partial charge in [0.15, 0.2) is 0 Å². The van der Waals surface area contributed by atoms with Gasteiger partial charge in [-0.15, -0.1) is 0 Å². The van der Waals surface area contributed by atoms with Crippen molar-refractivity contribution in [2.75, 3.05) is 6.61 Å². The molecule has 1 aliphatic carbocycles. The number of hydrogen-bond acceptors (Lipinski definition) is 2. The fourth-order valence-corrected chi connectivity index (χ4v) is 3.58. The van der Waals surface area contributed by atoms with Crippen molar-refractivity contribution in [3.63, 3.8) is 0 Å². The molecule has 2 rings (SSSR count). The third-order valence-electron chi connectivity index (χ3n) is 4.71. The van der Waals surface area contributed by atoms with E-state index in [-0.39, 0.29) is 5.54 Å². The standard InChI is InChI=1S/C15H29NO/c1-2-5-13-7-9-15(16,10-8-13)12-14-6-3-4-11-17-14/h13-14H,2-12,16H2,1H3. The summed E-state index contributed by atoms with van der Waals surface area (Å²) in [5.74, 6) is 0.948. The first-order valence-electron chi connectivity index (χ1n) is 7.62. The van der Waals surface area contributed by atoms with Gasteiger partial charge in [0.05, 0.1) is 6.10 Å². The zero-order chi connectivity index (χ0) is 12.1. The van der Waals surface area contributed by atoms with Crippen LogP contribution in [0.3, 0.4) is 0 Å². The quantitative estimate of drug-likeness (QED) is 0.813. The smallest absolute Gasteiger partial charge is 0.0592 e. The van der Waals surface area contributed by atoms with Crippen LogP contribution >= 0.6 is 0 Å². The number of rotatable bonds is 4. The maximum atomic E-state index is 6.57. The predicted octanol–water partition coefficient (Wildman–Crippen LogP) is 3.63. The Balaban J connectivity index is 1.76. The Morgan fingerprint density at radius 3 is 2.53 bits per heavy atom. The largest absolute Gasteiger partial charge is 0.378 e. The third kappa shape index (κ3) is 3.96. The molecule has 0 bridgehead atoms. The van der Waals surface area contributed by atoms with E-state index in [1.807, 2.05) is 0 Å². The summed E-state index contributed by atoms with van der Waals surface area (Å²) in [4.78, 5) is 0. The van der Waals surface area contributed by atoms with E-state index in [1.54, 1.807) is 0 Å². The molecule has 2 N–H and O–H groups in total. The van der Waals surface area contributed by atoms with E-state index in [0.29, 0.717) is 6.10 Å². The molecule has 0 aromatic carbocycles. The summed E-state index contributed by atoms with van der Waals surface area (Å²) in [6.07, 6.45) is 13.2. The Kier molecular flexibility index (Phi) is 4.87. The topological polar surface area (TPSA) is 35.2 Å². The van der Waals surface area contributed by atoms with Gasteiger partial charge < -0.3 is 10.5 Å². The predicted molar refractivity (Wildman–Crippen MR) is 72.0 cm³/mol. The van der Waals surface area contributed by atoms with E-state index in [0.717, 1.165) is 18.9 Å². The van der Waals surface area contributed by atoms with Crippen molar-refractivity contribution >= 4 is 0 Å². The molecule has 0 radical (unpaired) electrons. The minimum Gasteiger partial charge on any atom is -0.378 e. The Bertz CT molecular complexity index is 215. The van der Waals surface area contributed by atoms with Crippen LogP contribution in [0.5, 0.6) is 0 Å². The summed E-state index contributed by atoms with van der Waals surface area (Å²) >= 11 is 0. The fourth-order valence-electron chi connectivity index (χ4n) is 3.58. The lowest BCUT2D eigenvalue weighted by molar-refractivity contribution is -0.00845. The van der Waals surface area contributed by atoms with Gasteiger partial charge in [0.25, 0.3) is 0 Å². The molecule has 0 aromatic rings. The van der Waals surface area contributed by atoms with Crippen molar-refractivity contribution in [1.29, 1.82) is 0 Å². The number of hydrogen-bond donors (Lipinski definition) is 1. The Hall–Kier alpha value is -0.0800. The molecule has 2 nitrogen and oxygen atoms in total. The van der Waals surface area contributed by atoms with E-state index in [4.69, 9.17) is 10.5 Å². The lowest BCUT2D eigenvalue weighted by Gasteiger charge is -2.40. The molecular weight excluding hydrogens is 210 g/mol. The number of ether oxygens (including phenoxy) is 1. The van der Waals surface area contributed by atoms with Gasteiger partial charge in [0, 0.05) is 12.1 Å². The Morgan fingerprint density at radius 1 is 1.18 bits per heavy atom. The molecule has 1 unspecified atom stereocenters. The molecular formula is C15H29NO. The summed E-state index contributed by atoms with van der Waals surface area (Å²) in [5, 5.41) is 0. The molecule has 1 aliphatic heterocycles. The highest BCUT2D eigenvalue weighted by atomic mass is 16.5. The average Bonchev–Trinajstić information content (AvgIpc) is 2.34.